The van der Waals surface area contributed by atoms with Gasteiger partial charge in [0, 0.05) is 0 Å². The Morgan fingerprint density at radius 1 is 0.812 bits per heavy atom. The van der Waals surface area contributed by atoms with Crippen LogP contribution < -0.4 is 0 Å². The summed E-state index contributed by atoms with van der Waals surface area (Å²) in [5.41, 5.74) is 0. The van der Waals surface area contributed by atoms with E-state index < -0.39 is 24.1 Å². The molecule has 0 rings (SSSR count). The molecule has 0 aromatic carbocycles. The van der Waals surface area contributed by atoms with Gasteiger partial charge in [0.15, 0.2) is 12.2 Å². The van der Waals surface area contributed by atoms with Crippen molar-refractivity contribution < 1.29 is 53.3 Å². The number of aliphatic carboxylic acids is 2. The van der Waals surface area contributed by atoms with Gasteiger partial charge < -0.3 is 42.3 Å². The van der Waals surface area contributed by atoms with Crippen molar-refractivity contribution in [3.63, 3.8) is 0 Å². The molecule has 0 aliphatic heterocycles. The third-order valence-electron chi connectivity index (χ3n) is 0.805. The second-order valence-electron chi connectivity index (χ2n) is 1.57. The zero-order chi connectivity index (χ0) is 8.31. The van der Waals surface area contributed by atoms with Gasteiger partial charge in [-0.05, 0) is 0 Å². The first-order chi connectivity index (χ1) is 4.46. The molecule has 0 aliphatic carbocycles. The Morgan fingerprint density at radius 3 is 1.00 bits per heavy atom. The monoisotopic (exact) mass is 287 g/mol. The molecule has 94 valence electrons. The Kier molecular flexibility index (Phi) is 58.5. The van der Waals surface area contributed by atoms with E-state index in [1.165, 1.54) is 0 Å². The Labute approximate surface area is 156 Å². The summed E-state index contributed by atoms with van der Waals surface area (Å²) >= 11 is 0. The van der Waals surface area contributed by atoms with Crippen LogP contribution in [-0.4, -0.2) is 147 Å². The van der Waals surface area contributed by atoms with Crippen molar-refractivity contribution in [3.05, 3.63) is 0 Å². The summed E-state index contributed by atoms with van der Waals surface area (Å²) in [5, 5.41) is 32.5. The van der Waals surface area contributed by atoms with Gasteiger partial charge in [0.25, 0.3) is 0 Å². The molecule has 0 saturated carbocycles. The van der Waals surface area contributed by atoms with Crippen LogP contribution in [0, 0.1) is 0 Å². The van der Waals surface area contributed by atoms with E-state index in [1.54, 1.807) is 0 Å². The van der Waals surface area contributed by atoms with Crippen LogP contribution in [0.5, 0.6) is 0 Å². The van der Waals surface area contributed by atoms with Crippen LogP contribution in [0.25, 0.3) is 0 Å². The van der Waals surface area contributed by atoms with E-state index in [9.17, 15) is 9.59 Å². The van der Waals surface area contributed by atoms with Gasteiger partial charge in [0.2, 0.25) is 0 Å². The van der Waals surface area contributed by atoms with E-state index in [1.807, 2.05) is 0 Å². The van der Waals surface area contributed by atoms with Gasteiger partial charge in [-0.25, -0.2) is 9.59 Å². The van der Waals surface area contributed by atoms with Gasteiger partial charge in [-0.3, -0.25) is 0 Å². The molecule has 2 atom stereocenters. The third-order valence-corrected chi connectivity index (χ3v) is 0.805. The minimum absolute atomic E-state index is 0. The second-order valence-corrected chi connectivity index (χ2v) is 1.57. The first kappa shape index (κ1) is 43.3. The van der Waals surface area contributed by atoms with Crippen LogP contribution in [-0.2, 0) is 9.59 Å². The number of carboxylic acids is 2. The summed E-state index contributed by atoms with van der Waals surface area (Å²) in [6.45, 7) is 0. The van der Waals surface area contributed by atoms with Crippen molar-refractivity contribution in [2.45, 2.75) is 12.2 Å². The molecule has 0 bridgehead atoms. The zero-order valence-corrected chi connectivity index (χ0v) is 6.76. The Hall–Kier alpha value is 1.34. The topological polar surface area (TPSA) is 241 Å². The predicted molar refractivity (Wildman–Crippen MR) is 57.2 cm³/mol. The van der Waals surface area contributed by atoms with Crippen molar-refractivity contribution in [3.8, 4) is 0 Å². The molecule has 0 fully saturated rings. The number of carboxylic acid groups (broad SMARTS) is 2. The van der Waals surface area contributed by atoms with Gasteiger partial charge in [-0.2, -0.15) is 0 Å². The van der Waals surface area contributed by atoms with Crippen LogP contribution >= 0.6 is 0 Å². The van der Waals surface area contributed by atoms with Gasteiger partial charge >= 0.3 is 94.3 Å². The summed E-state index contributed by atoms with van der Waals surface area (Å²) in [7, 11) is 0. The summed E-state index contributed by atoms with van der Waals surface area (Å²) in [6.07, 6.45) is -4.53. The van der Waals surface area contributed by atoms with E-state index in [0.717, 1.165) is 0 Å². The first-order valence-corrected chi connectivity index (χ1v) is 2.28. The number of hydrogen-bond acceptors (Lipinski definition) is 4. The van der Waals surface area contributed by atoms with Crippen molar-refractivity contribution in [1.82, 2.24) is 0 Å². The SMILES string of the molecule is O.O.O.O.O=C(O)C(O)C(O)C(=O)O.[H+].[KH].[NaH]. The minimum atomic E-state index is -2.27. The number of hydrogen-bond donors (Lipinski definition) is 4. The summed E-state index contributed by atoms with van der Waals surface area (Å²) in [6, 6.07) is 0. The summed E-state index contributed by atoms with van der Waals surface area (Å²) in [5.74, 6) is -3.54. The van der Waals surface area contributed by atoms with Crippen molar-refractivity contribution >= 4 is 92.9 Å². The van der Waals surface area contributed by atoms with Crippen LogP contribution in [0.1, 0.15) is 1.43 Å². The van der Waals surface area contributed by atoms with Crippen LogP contribution in [0.4, 0.5) is 0 Å². The molecule has 0 amide bonds. The van der Waals surface area contributed by atoms with Crippen LogP contribution in [0.3, 0.4) is 0 Å². The molecule has 0 spiro atoms. The molecule has 2 unspecified atom stereocenters. The molecule has 0 radical (unpaired) electrons. The summed E-state index contributed by atoms with van der Waals surface area (Å²) in [4.78, 5) is 19.5. The fourth-order valence-electron chi connectivity index (χ4n) is 0.270. The molecular weight excluding hydrogens is 270 g/mol. The molecule has 12 N–H and O–H groups in total. The van der Waals surface area contributed by atoms with Crippen molar-refractivity contribution in [1.29, 1.82) is 0 Å². The maximum atomic E-state index is 9.77. The number of rotatable bonds is 3. The average Bonchev–Trinajstić information content (AvgIpc) is 1.84. The maximum absolute atomic E-state index is 9.77. The second kappa shape index (κ2) is 21.6. The van der Waals surface area contributed by atoms with E-state index in [-0.39, 0.29) is 104 Å². The van der Waals surface area contributed by atoms with E-state index in [4.69, 9.17) is 20.4 Å². The zero-order valence-electron chi connectivity index (χ0n) is 7.76. The van der Waals surface area contributed by atoms with E-state index in [2.05, 4.69) is 0 Å². The fourth-order valence-corrected chi connectivity index (χ4v) is 0.270. The van der Waals surface area contributed by atoms with Crippen molar-refractivity contribution in [2.24, 2.45) is 0 Å². The molecule has 0 aromatic rings. The van der Waals surface area contributed by atoms with Gasteiger partial charge in [-0.1, -0.05) is 0 Å². The molecule has 10 nitrogen and oxygen atoms in total. The van der Waals surface area contributed by atoms with Gasteiger partial charge in [-0.15, -0.1) is 0 Å². The molecule has 0 aliphatic rings. The Balaban J connectivity index is -0.0000000193. The standard InChI is InChI=1S/C4H6O6.K.Na.4H2O.2H/c5-1(3(7)8)2(6)4(9)10;;;;;;;;/h1-2,5-6H,(H,7,8)(H,9,10);;;4*1H2;;/p+1. The van der Waals surface area contributed by atoms with Crippen LogP contribution in [0.2, 0.25) is 0 Å². The molecule has 0 saturated heterocycles. The number of carbonyl (C=O) groups is 2. The predicted octanol–water partition coefficient (Wildman–Crippen LogP) is -6.61. The van der Waals surface area contributed by atoms with Crippen LogP contribution in [0.15, 0.2) is 0 Å². The summed E-state index contributed by atoms with van der Waals surface area (Å²) < 4.78 is 0. The molecule has 0 heterocycles. The van der Waals surface area contributed by atoms with Gasteiger partial charge in [0.05, 0.1) is 0 Å². The quantitative estimate of drug-likeness (QED) is 0.367. The molecular formula is C4H17KNaO10+. The number of aliphatic hydroxyl groups excluding tert-OH is 2. The molecule has 12 heteroatoms. The van der Waals surface area contributed by atoms with Crippen molar-refractivity contribution in [2.75, 3.05) is 0 Å². The Morgan fingerprint density at radius 2 is 0.938 bits per heavy atom. The van der Waals surface area contributed by atoms with E-state index in [0.29, 0.717) is 0 Å². The third kappa shape index (κ3) is 17.7. The molecule has 0 aromatic heterocycles. The van der Waals surface area contributed by atoms with Gasteiger partial charge in [0.1, 0.15) is 0 Å². The normalized spacial score (nSPS) is 9.88. The Bertz CT molecular complexity index is 152. The fraction of sp³-hybridized carbons (Fsp3) is 0.500. The van der Waals surface area contributed by atoms with E-state index >= 15 is 0 Å². The number of aliphatic hydroxyl groups is 2. The first-order valence-electron chi connectivity index (χ1n) is 2.28. The molecule has 16 heavy (non-hydrogen) atoms. The average molecular weight is 287 g/mol.